The molecule has 1 saturated heterocycles. The lowest BCUT2D eigenvalue weighted by Gasteiger charge is -2.36. The molecule has 0 spiro atoms. The maximum Gasteiger partial charge on any atom is 0.128 e. The number of anilines is 1. The first-order valence-corrected chi connectivity index (χ1v) is 6.98. The molecule has 1 aliphatic rings. The topological polar surface area (TPSA) is 67.0 Å². The van der Waals surface area contributed by atoms with E-state index in [1.807, 2.05) is 24.4 Å². The molecule has 0 bridgehead atoms. The molecule has 1 aromatic rings. The summed E-state index contributed by atoms with van der Waals surface area (Å²) in [5.41, 5.74) is 0. The van der Waals surface area contributed by atoms with E-state index < -0.39 is 0 Å². The zero-order valence-electron chi connectivity index (χ0n) is 11.6. The highest BCUT2D eigenvalue weighted by molar-refractivity contribution is 5.38. The van der Waals surface area contributed by atoms with E-state index in [9.17, 15) is 0 Å². The number of nitrogens with zero attached hydrogens (tertiary/aromatic N) is 5. The quantitative estimate of drug-likeness (QED) is 0.813. The summed E-state index contributed by atoms with van der Waals surface area (Å²) in [4.78, 5) is 8.95. The van der Waals surface area contributed by atoms with Gasteiger partial charge in [0.25, 0.3) is 0 Å². The van der Waals surface area contributed by atoms with Gasteiger partial charge < -0.3 is 4.90 Å². The first-order valence-electron chi connectivity index (χ1n) is 6.98. The number of nitriles is 2. The summed E-state index contributed by atoms with van der Waals surface area (Å²) in [7, 11) is 0. The highest BCUT2D eigenvalue weighted by atomic mass is 15.3. The fourth-order valence-electron chi connectivity index (χ4n) is 2.45. The summed E-state index contributed by atoms with van der Waals surface area (Å²) >= 11 is 0. The van der Waals surface area contributed by atoms with Gasteiger partial charge in [0, 0.05) is 45.3 Å². The molecule has 1 aromatic heterocycles. The third-order valence-corrected chi connectivity index (χ3v) is 3.61. The lowest BCUT2D eigenvalue weighted by atomic mass is 10.0. The molecule has 1 aliphatic heterocycles. The van der Waals surface area contributed by atoms with Crippen LogP contribution in [0.1, 0.15) is 12.8 Å². The van der Waals surface area contributed by atoms with E-state index >= 15 is 0 Å². The van der Waals surface area contributed by atoms with Gasteiger partial charge >= 0.3 is 0 Å². The minimum Gasteiger partial charge on any atom is -0.354 e. The molecule has 20 heavy (non-hydrogen) atoms. The molecular formula is C15H19N5. The number of pyridine rings is 1. The largest absolute Gasteiger partial charge is 0.354 e. The predicted octanol–water partition coefficient (Wildman–Crippen LogP) is 1.65. The van der Waals surface area contributed by atoms with Gasteiger partial charge in [-0.1, -0.05) is 6.07 Å². The molecule has 0 aromatic carbocycles. The van der Waals surface area contributed by atoms with Crippen molar-refractivity contribution in [2.24, 2.45) is 5.92 Å². The molecule has 5 nitrogen and oxygen atoms in total. The van der Waals surface area contributed by atoms with E-state index in [0.29, 0.717) is 12.8 Å². The van der Waals surface area contributed by atoms with Gasteiger partial charge in [-0.2, -0.15) is 10.5 Å². The van der Waals surface area contributed by atoms with Crippen LogP contribution in [0.15, 0.2) is 24.4 Å². The van der Waals surface area contributed by atoms with E-state index in [0.717, 1.165) is 38.5 Å². The van der Waals surface area contributed by atoms with E-state index in [-0.39, 0.29) is 5.92 Å². The Morgan fingerprint density at radius 3 is 2.60 bits per heavy atom. The van der Waals surface area contributed by atoms with Gasteiger partial charge in [0.05, 0.1) is 18.1 Å². The van der Waals surface area contributed by atoms with Crippen LogP contribution in [0.5, 0.6) is 0 Å². The fourth-order valence-corrected chi connectivity index (χ4v) is 2.45. The van der Waals surface area contributed by atoms with Crippen LogP contribution in [0.2, 0.25) is 0 Å². The van der Waals surface area contributed by atoms with Crippen LogP contribution in [-0.4, -0.2) is 42.6 Å². The Kier molecular flexibility index (Phi) is 5.34. The van der Waals surface area contributed by atoms with Crippen molar-refractivity contribution in [2.45, 2.75) is 12.8 Å². The number of hydrogen-bond acceptors (Lipinski definition) is 5. The summed E-state index contributed by atoms with van der Waals surface area (Å²) in [6.45, 7) is 4.54. The van der Waals surface area contributed by atoms with Crippen molar-refractivity contribution in [2.75, 3.05) is 37.6 Å². The second kappa shape index (κ2) is 7.47. The standard InChI is InChI=1S/C15H19N5/c16-6-3-4-14(12-17)13-19-8-10-20(11-9-19)15-5-1-2-7-18-15/h1-2,5,7,14H,3-4,8-11,13H2/t14-/m0/s1. The molecule has 0 amide bonds. The number of rotatable bonds is 5. The maximum absolute atomic E-state index is 9.11. The molecule has 0 aliphatic carbocycles. The second-order valence-electron chi connectivity index (χ2n) is 5.00. The smallest absolute Gasteiger partial charge is 0.128 e. The van der Waals surface area contributed by atoms with Crippen molar-refractivity contribution < 1.29 is 0 Å². The summed E-state index contributed by atoms with van der Waals surface area (Å²) in [5.74, 6) is 0.990. The minimum atomic E-state index is -0.0314. The molecule has 2 rings (SSSR count). The average Bonchev–Trinajstić information content (AvgIpc) is 2.53. The first kappa shape index (κ1) is 14.3. The predicted molar refractivity (Wildman–Crippen MR) is 76.8 cm³/mol. The van der Waals surface area contributed by atoms with Crippen LogP contribution >= 0.6 is 0 Å². The molecule has 2 heterocycles. The van der Waals surface area contributed by atoms with E-state index in [2.05, 4.69) is 26.9 Å². The average molecular weight is 269 g/mol. The Hall–Kier alpha value is -2.11. The summed E-state index contributed by atoms with van der Waals surface area (Å²) in [6.07, 6.45) is 2.95. The molecule has 5 heteroatoms. The van der Waals surface area contributed by atoms with Crippen molar-refractivity contribution in [3.63, 3.8) is 0 Å². The molecule has 0 N–H and O–H groups in total. The lowest BCUT2D eigenvalue weighted by molar-refractivity contribution is 0.232. The van der Waals surface area contributed by atoms with Crippen molar-refractivity contribution in [3.05, 3.63) is 24.4 Å². The first-order chi connectivity index (χ1) is 9.83. The van der Waals surface area contributed by atoms with Gasteiger partial charge in [0.15, 0.2) is 0 Å². The van der Waals surface area contributed by atoms with Crippen LogP contribution in [0.25, 0.3) is 0 Å². The third-order valence-electron chi connectivity index (χ3n) is 3.61. The van der Waals surface area contributed by atoms with Crippen molar-refractivity contribution in [1.82, 2.24) is 9.88 Å². The van der Waals surface area contributed by atoms with Gasteiger partial charge in [-0.05, 0) is 18.6 Å². The number of aromatic nitrogens is 1. The molecule has 1 fully saturated rings. The van der Waals surface area contributed by atoms with Gasteiger partial charge in [0.2, 0.25) is 0 Å². The van der Waals surface area contributed by atoms with Crippen LogP contribution in [0.4, 0.5) is 5.82 Å². The molecule has 0 radical (unpaired) electrons. The second-order valence-corrected chi connectivity index (χ2v) is 5.00. The lowest BCUT2D eigenvalue weighted by Crippen LogP contribution is -2.48. The van der Waals surface area contributed by atoms with Gasteiger partial charge in [0.1, 0.15) is 5.82 Å². The van der Waals surface area contributed by atoms with Crippen LogP contribution in [0.3, 0.4) is 0 Å². The fraction of sp³-hybridized carbons (Fsp3) is 0.533. The van der Waals surface area contributed by atoms with E-state index in [1.54, 1.807) is 0 Å². The highest BCUT2D eigenvalue weighted by Crippen LogP contribution is 2.14. The Morgan fingerprint density at radius 2 is 2.00 bits per heavy atom. The highest BCUT2D eigenvalue weighted by Gasteiger charge is 2.20. The van der Waals surface area contributed by atoms with Gasteiger partial charge in [-0.3, -0.25) is 4.90 Å². The summed E-state index contributed by atoms with van der Waals surface area (Å²) in [6, 6.07) is 10.4. The van der Waals surface area contributed by atoms with Crippen molar-refractivity contribution in [3.8, 4) is 12.1 Å². The Morgan fingerprint density at radius 1 is 1.20 bits per heavy atom. The monoisotopic (exact) mass is 269 g/mol. The van der Waals surface area contributed by atoms with Gasteiger partial charge in [-0.25, -0.2) is 4.98 Å². The van der Waals surface area contributed by atoms with E-state index in [1.165, 1.54) is 0 Å². The molecular weight excluding hydrogens is 250 g/mol. The normalized spacial score (nSPS) is 17.2. The Labute approximate surface area is 120 Å². The Bertz CT molecular complexity index is 479. The maximum atomic E-state index is 9.11. The minimum absolute atomic E-state index is 0.0314. The molecule has 0 unspecified atom stereocenters. The SMILES string of the molecule is N#CCC[C@@H](C#N)CN1CCN(c2ccccn2)CC1. The van der Waals surface area contributed by atoms with Crippen LogP contribution < -0.4 is 4.90 Å². The molecule has 104 valence electrons. The zero-order valence-corrected chi connectivity index (χ0v) is 11.6. The van der Waals surface area contributed by atoms with E-state index in [4.69, 9.17) is 10.5 Å². The third kappa shape index (κ3) is 3.94. The Balaban J connectivity index is 1.80. The van der Waals surface area contributed by atoms with Crippen molar-refractivity contribution >= 4 is 5.82 Å². The molecule has 1 atom stereocenters. The van der Waals surface area contributed by atoms with Crippen LogP contribution in [-0.2, 0) is 0 Å². The van der Waals surface area contributed by atoms with Crippen molar-refractivity contribution in [1.29, 1.82) is 10.5 Å². The van der Waals surface area contributed by atoms with Crippen LogP contribution in [0, 0.1) is 28.6 Å². The summed E-state index contributed by atoms with van der Waals surface area (Å²) < 4.78 is 0. The summed E-state index contributed by atoms with van der Waals surface area (Å²) in [5, 5.41) is 17.7. The number of hydrogen-bond donors (Lipinski definition) is 0. The van der Waals surface area contributed by atoms with Gasteiger partial charge in [-0.15, -0.1) is 0 Å². The zero-order chi connectivity index (χ0) is 14.2. The molecule has 0 saturated carbocycles. The number of piperazine rings is 1.